The van der Waals surface area contributed by atoms with E-state index in [0.29, 0.717) is 29.9 Å². The molecule has 0 bridgehead atoms. The Labute approximate surface area is 176 Å². The van der Waals surface area contributed by atoms with Crippen molar-refractivity contribution in [3.63, 3.8) is 0 Å². The highest BCUT2D eigenvalue weighted by atomic mass is 32.1. The van der Waals surface area contributed by atoms with E-state index in [1.165, 1.54) is 16.0 Å². The number of hydrogen-bond acceptors (Lipinski definition) is 4. The van der Waals surface area contributed by atoms with E-state index in [4.69, 9.17) is 10.5 Å². The van der Waals surface area contributed by atoms with Crippen molar-refractivity contribution >= 4 is 23.0 Å². The van der Waals surface area contributed by atoms with Gasteiger partial charge in [0, 0.05) is 11.3 Å². The average Bonchev–Trinajstić information content (AvgIpc) is 2.97. The van der Waals surface area contributed by atoms with Gasteiger partial charge in [-0.05, 0) is 78.7 Å². The second kappa shape index (κ2) is 6.98. The third-order valence-corrected chi connectivity index (χ3v) is 8.00. The lowest BCUT2D eigenvalue weighted by Crippen LogP contribution is -2.20. The fourth-order valence-electron chi connectivity index (χ4n) is 5.28. The van der Waals surface area contributed by atoms with Crippen LogP contribution < -0.4 is 10.5 Å². The Morgan fingerprint density at radius 3 is 2.48 bits per heavy atom. The number of carbonyl (C=O) groups excluding carboxylic acids is 2. The molecule has 2 aliphatic rings. The molecule has 4 rings (SSSR count). The third-order valence-electron chi connectivity index (χ3n) is 6.79. The van der Waals surface area contributed by atoms with Crippen LogP contribution in [0.3, 0.4) is 0 Å². The Balaban J connectivity index is 1.46. The highest BCUT2D eigenvalue weighted by Crippen LogP contribution is 2.71. The molecular formula is C24H29NO3S. The fraction of sp³-hybridized carbons (Fsp3) is 0.500. The summed E-state index contributed by atoms with van der Waals surface area (Å²) in [5.41, 5.74) is 11.4. The fourth-order valence-corrected chi connectivity index (χ4v) is 6.48. The van der Waals surface area contributed by atoms with E-state index in [1.54, 1.807) is 11.3 Å². The topological polar surface area (TPSA) is 69.4 Å². The number of benzene rings is 1. The Morgan fingerprint density at radius 2 is 1.86 bits per heavy atom. The first-order chi connectivity index (χ1) is 13.6. The highest BCUT2D eigenvalue weighted by Gasteiger charge is 2.63. The lowest BCUT2D eigenvalue weighted by molar-refractivity contribution is -0.119. The summed E-state index contributed by atoms with van der Waals surface area (Å²) < 4.78 is 5.52. The second-order valence-electron chi connectivity index (χ2n) is 9.23. The minimum Gasteiger partial charge on any atom is -0.483 e. The summed E-state index contributed by atoms with van der Waals surface area (Å²) in [4.78, 5) is 26.3. The molecule has 2 atom stereocenters. The van der Waals surface area contributed by atoms with Gasteiger partial charge in [-0.25, -0.2) is 0 Å². The van der Waals surface area contributed by atoms with Gasteiger partial charge < -0.3 is 10.5 Å². The van der Waals surface area contributed by atoms with Crippen molar-refractivity contribution in [3.05, 3.63) is 49.7 Å². The molecule has 0 unspecified atom stereocenters. The number of primary amides is 1. The maximum Gasteiger partial charge on any atom is 0.255 e. The number of rotatable bonds is 7. The van der Waals surface area contributed by atoms with Crippen LogP contribution in [0, 0.1) is 32.1 Å². The smallest absolute Gasteiger partial charge is 0.255 e. The van der Waals surface area contributed by atoms with Crippen LogP contribution in [0.15, 0.2) is 12.1 Å². The van der Waals surface area contributed by atoms with Gasteiger partial charge >= 0.3 is 0 Å². The van der Waals surface area contributed by atoms with E-state index < -0.39 is 5.91 Å². The van der Waals surface area contributed by atoms with Crippen molar-refractivity contribution in [3.8, 4) is 5.75 Å². The Hall–Kier alpha value is -2.14. The van der Waals surface area contributed by atoms with Crippen LogP contribution in [0.4, 0.5) is 0 Å². The maximum atomic E-state index is 13.0. The molecule has 1 heterocycles. The number of amides is 1. The van der Waals surface area contributed by atoms with Crippen molar-refractivity contribution in [2.45, 2.75) is 59.8 Å². The molecule has 0 saturated heterocycles. The first-order valence-corrected chi connectivity index (χ1v) is 11.1. The molecule has 1 saturated carbocycles. The zero-order valence-corrected chi connectivity index (χ0v) is 18.7. The van der Waals surface area contributed by atoms with Gasteiger partial charge in [0.25, 0.3) is 5.91 Å². The van der Waals surface area contributed by atoms with E-state index in [2.05, 4.69) is 20.8 Å². The molecular weight excluding hydrogens is 382 g/mol. The van der Waals surface area contributed by atoms with E-state index in [1.807, 2.05) is 26.0 Å². The summed E-state index contributed by atoms with van der Waals surface area (Å²) in [5, 5.41) is 0. The Kier molecular flexibility index (Phi) is 4.85. The van der Waals surface area contributed by atoms with Gasteiger partial charge in [0.15, 0.2) is 12.4 Å². The van der Waals surface area contributed by atoms with Crippen LogP contribution in [0.2, 0.25) is 0 Å². The number of aryl methyl sites for hydroxylation is 4. The molecule has 1 amide bonds. The Morgan fingerprint density at radius 1 is 1.21 bits per heavy atom. The van der Waals surface area contributed by atoms with Gasteiger partial charge in [-0.15, -0.1) is 11.3 Å². The molecule has 0 radical (unpaired) electrons. The monoisotopic (exact) mass is 411 g/mol. The number of fused-ring (bicyclic) bond motifs is 3. The zero-order chi connectivity index (χ0) is 21.1. The first-order valence-electron chi connectivity index (χ1n) is 10.3. The molecule has 1 fully saturated rings. The minimum atomic E-state index is -0.488. The van der Waals surface area contributed by atoms with Gasteiger partial charge in [0.2, 0.25) is 0 Å². The van der Waals surface area contributed by atoms with Gasteiger partial charge in [0.1, 0.15) is 5.75 Å². The number of ketones is 1. The summed E-state index contributed by atoms with van der Waals surface area (Å²) in [6.07, 6.45) is 2.30. The van der Waals surface area contributed by atoms with Crippen molar-refractivity contribution in [1.82, 2.24) is 0 Å². The van der Waals surface area contributed by atoms with E-state index >= 15 is 0 Å². The molecule has 5 heteroatoms. The molecule has 29 heavy (non-hydrogen) atoms. The summed E-state index contributed by atoms with van der Waals surface area (Å²) in [5.74, 6) is 1.87. The first kappa shape index (κ1) is 20.1. The predicted octanol–water partition coefficient (Wildman–Crippen LogP) is 4.65. The quantitative estimate of drug-likeness (QED) is 0.674. The molecule has 1 aromatic carbocycles. The molecule has 0 spiro atoms. The van der Waals surface area contributed by atoms with Crippen molar-refractivity contribution in [2.24, 2.45) is 17.1 Å². The van der Waals surface area contributed by atoms with Crippen LogP contribution in [0.5, 0.6) is 5.75 Å². The summed E-state index contributed by atoms with van der Waals surface area (Å²) in [6, 6.07) is 4.08. The van der Waals surface area contributed by atoms with E-state index in [-0.39, 0.29) is 12.4 Å². The number of ether oxygens (including phenoxy) is 1. The molecule has 154 valence electrons. The third kappa shape index (κ3) is 3.39. The summed E-state index contributed by atoms with van der Waals surface area (Å²) in [6.45, 7) is 10.7. The highest BCUT2D eigenvalue weighted by molar-refractivity contribution is 7.14. The van der Waals surface area contributed by atoms with Gasteiger partial charge in [-0.2, -0.15) is 0 Å². The van der Waals surface area contributed by atoms with Crippen LogP contribution in [0.1, 0.15) is 68.6 Å². The van der Waals surface area contributed by atoms with Crippen LogP contribution >= 0.6 is 11.3 Å². The number of thiophene rings is 1. The summed E-state index contributed by atoms with van der Waals surface area (Å²) >= 11 is 1.70. The van der Waals surface area contributed by atoms with Crippen molar-refractivity contribution < 1.29 is 14.3 Å². The molecule has 1 aromatic heterocycles. The lowest BCUT2D eigenvalue weighted by atomic mass is 9.93. The number of carbonyl (C=O) groups is 2. The molecule has 4 nitrogen and oxygen atoms in total. The second-order valence-corrected chi connectivity index (χ2v) is 10.5. The molecule has 2 aliphatic carbocycles. The van der Waals surface area contributed by atoms with Gasteiger partial charge in [0.05, 0.1) is 4.88 Å². The van der Waals surface area contributed by atoms with Gasteiger partial charge in [-0.3, -0.25) is 9.59 Å². The number of hydrogen-bond donors (Lipinski definition) is 1. The van der Waals surface area contributed by atoms with E-state index in [0.717, 1.165) is 33.9 Å². The van der Waals surface area contributed by atoms with E-state index in [9.17, 15) is 9.59 Å². The summed E-state index contributed by atoms with van der Waals surface area (Å²) in [7, 11) is 0. The minimum absolute atomic E-state index is 0.124. The standard InChI is InChI=1S/C24H29NO3S/c1-12-8-15(9-13(2)22(12)28-11-19(25)27)6-7-18(26)23-16-10-17-21(24(17,4)5)20(16)14(3)29-23/h8-9,17,21H,6-7,10-11H2,1-5H3,(H2,25,27)/t17-,21-/m1/s1. The number of nitrogens with two attached hydrogens (primary N) is 1. The largest absolute Gasteiger partial charge is 0.483 e. The van der Waals surface area contributed by atoms with Crippen LogP contribution in [-0.2, 0) is 17.6 Å². The molecule has 2 aromatic rings. The van der Waals surface area contributed by atoms with Crippen molar-refractivity contribution in [1.29, 1.82) is 0 Å². The SMILES string of the molecule is Cc1cc(CCC(=O)c2sc(C)c3c2C[C@@H]2[C@H]3C2(C)C)cc(C)c1OCC(N)=O. The van der Waals surface area contributed by atoms with Crippen molar-refractivity contribution in [2.75, 3.05) is 6.61 Å². The Bertz CT molecular complexity index is 994. The maximum absolute atomic E-state index is 13.0. The lowest BCUT2D eigenvalue weighted by Gasteiger charge is -2.13. The predicted molar refractivity (Wildman–Crippen MR) is 116 cm³/mol. The van der Waals surface area contributed by atoms with Crippen LogP contribution in [-0.4, -0.2) is 18.3 Å². The molecule has 2 N–H and O–H groups in total. The number of Topliss-reactive ketones (excluding diaryl/α,β-unsaturated/α-hetero) is 1. The van der Waals surface area contributed by atoms with Crippen LogP contribution in [0.25, 0.3) is 0 Å². The zero-order valence-electron chi connectivity index (χ0n) is 17.8. The van der Waals surface area contributed by atoms with Gasteiger partial charge in [-0.1, -0.05) is 26.0 Å². The average molecular weight is 412 g/mol. The normalized spacial score (nSPS) is 20.9. The molecule has 0 aliphatic heterocycles.